The van der Waals surface area contributed by atoms with Crippen molar-refractivity contribution in [1.29, 1.82) is 0 Å². The number of hydrogen-bond acceptors (Lipinski definition) is 5. The first-order valence-electron chi connectivity index (χ1n) is 6.79. The van der Waals surface area contributed by atoms with Gasteiger partial charge in [-0.05, 0) is 30.5 Å². The molecule has 1 aliphatic rings. The van der Waals surface area contributed by atoms with E-state index >= 15 is 0 Å². The maximum Gasteiger partial charge on any atom is 0.318 e. The van der Waals surface area contributed by atoms with Crippen molar-refractivity contribution in [3.63, 3.8) is 0 Å². The number of benzene rings is 1. The van der Waals surface area contributed by atoms with Crippen LogP contribution in [0.15, 0.2) is 30.5 Å². The van der Waals surface area contributed by atoms with Gasteiger partial charge in [-0.15, -0.1) is 0 Å². The second-order valence-corrected chi connectivity index (χ2v) is 4.91. The Balaban J connectivity index is 1.66. The molecule has 3 rings (SSSR count). The second-order valence-electron chi connectivity index (χ2n) is 4.91. The van der Waals surface area contributed by atoms with Gasteiger partial charge in [-0.2, -0.15) is 4.98 Å². The predicted octanol–water partition coefficient (Wildman–Crippen LogP) is 2.78. The zero-order valence-electron chi connectivity index (χ0n) is 11.7. The quantitative estimate of drug-likeness (QED) is 0.886. The molecular formula is C15H16FN3O2. The number of anilines is 1. The molecule has 0 atom stereocenters. The van der Waals surface area contributed by atoms with Crippen LogP contribution in [0.1, 0.15) is 18.4 Å². The van der Waals surface area contributed by atoms with Crippen LogP contribution in [0.3, 0.4) is 0 Å². The Bertz CT molecular complexity index is 632. The van der Waals surface area contributed by atoms with Crippen molar-refractivity contribution < 1.29 is 13.9 Å². The normalized spacial score (nSPS) is 13.8. The molecule has 0 saturated heterocycles. The first-order chi connectivity index (χ1) is 10.2. The molecule has 1 saturated carbocycles. The Kier molecular flexibility index (Phi) is 3.85. The van der Waals surface area contributed by atoms with Crippen LogP contribution >= 0.6 is 0 Å². The predicted molar refractivity (Wildman–Crippen MR) is 76.0 cm³/mol. The van der Waals surface area contributed by atoms with Crippen molar-refractivity contribution in [3.8, 4) is 11.8 Å². The maximum absolute atomic E-state index is 13.6. The van der Waals surface area contributed by atoms with Gasteiger partial charge in [0, 0.05) is 6.04 Å². The molecule has 2 aromatic rings. The fraction of sp³-hybridized carbons (Fsp3) is 0.333. The molecule has 5 nitrogen and oxygen atoms in total. The molecule has 1 heterocycles. The van der Waals surface area contributed by atoms with Crippen molar-refractivity contribution in [2.75, 3.05) is 12.4 Å². The third kappa shape index (κ3) is 3.59. The Hall–Kier alpha value is -2.37. The summed E-state index contributed by atoms with van der Waals surface area (Å²) in [6.07, 6.45) is 3.21. The molecule has 1 N–H and O–H groups in total. The average molecular weight is 289 g/mol. The van der Waals surface area contributed by atoms with Crippen LogP contribution in [0.25, 0.3) is 0 Å². The number of nitrogens with zero attached hydrogens (tertiary/aromatic N) is 2. The summed E-state index contributed by atoms with van der Waals surface area (Å²) in [5.41, 5.74) is 0.930. The van der Waals surface area contributed by atoms with Crippen LogP contribution in [0, 0.1) is 5.82 Å². The molecule has 1 aromatic carbocycles. The fourth-order valence-electron chi connectivity index (χ4n) is 1.85. The molecule has 1 fully saturated rings. The van der Waals surface area contributed by atoms with E-state index in [1.54, 1.807) is 7.11 Å². The molecular weight excluding hydrogens is 273 g/mol. The summed E-state index contributed by atoms with van der Waals surface area (Å²) in [5.74, 6) is 0.496. The lowest BCUT2D eigenvalue weighted by molar-refractivity contribution is 0.279. The van der Waals surface area contributed by atoms with E-state index in [0.717, 1.165) is 30.4 Å². The fourth-order valence-corrected chi connectivity index (χ4v) is 1.85. The van der Waals surface area contributed by atoms with Gasteiger partial charge in [-0.25, -0.2) is 9.37 Å². The molecule has 0 bridgehead atoms. The number of ether oxygens (including phenoxy) is 2. The van der Waals surface area contributed by atoms with Crippen molar-refractivity contribution >= 4 is 5.82 Å². The smallest absolute Gasteiger partial charge is 0.318 e. The molecule has 0 amide bonds. The zero-order chi connectivity index (χ0) is 14.7. The number of nitrogens with one attached hydrogen (secondary N) is 1. The molecule has 110 valence electrons. The number of aromatic nitrogens is 2. The molecule has 21 heavy (non-hydrogen) atoms. The van der Waals surface area contributed by atoms with Crippen molar-refractivity contribution in [2.24, 2.45) is 0 Å². The largest absolute Gasteiger partial charge is 0.497 e. The second kappa shape index (κ2) is 5.95. The van der Waals surface area contributed by atoms with E-state index in [-0.39, 0.29) is 11.8 Å². The molecule has 0 radical (unpaired) electrons. The van der Waals surface area contributed by atoms with E-state index < -0.39 is 5.82 Å². The number of halogens is 1. The topological polar surface area (TPSA) is 56.3 Å². The van der Waals surface area contributed by atoms with Gasteiger partial charge in [-0.3, -0.25) is 0 Å². The number of rotatable bonds is 6. The van der Waals surface area contributed by atoms with Crippen molar-refractivity contribution in [3.05, 3.63) is 41.8 Å². The number of methoxy groups -OCH3 is 1. The van der Waals surface area contributed by atoms with Gasteiger partial charge in [0.1, 0.15) is 12.4 Å². The minimum absolute atomic E-state index is 0.155. The van der Waals surface area contributed by atoms with E-state index in [9.17, 15) is 4.39 Å². The van der Waals surface area contributed by atoms with Crippen LogP contribution in [0.4, 0.5) is 10.2 Å². The van der Waals surface area contributed by atoms with Crippen LogP contribution in [0.5, 0.6) is 11.8 Å². The summed E-state index contributed by atoms with van der Waals surface area (Å²) in [6.45, 7) is 0.297. The molecule has 0 aliphatic heterocycles. The Labute approximate surface area is 122 Å². The van der Waals surface area contributed by atoms with Gasteiger partial charge in [0.2, 0.25) is 0 Å². The van der Waals surface area contributed by atoms with Gasteiger partial charge in [-0.1, -0.05) is 12.1 Å². The molecule has 1 aromatic heterocycles. The first kappa shape index (κ1) is 13.6. The minimum Gasteiger partial charge on any atom is -0.497 e. The van der Waals surface area contributed by atoms with Crippen LogP contribution in [-0.2, 0) is 6.61 Å². The summed E-state index contributed by atoms with van der Waals surface area (Å²) in [5, 5.41) is 3.01. The van der Waals surface area contributed by atoms with E-state index in [4.69, 9.17) is 9.47 Å². The lowest BCUT2D eigenvalue weighted by atomic mass is 10.2. The lowest BCUT2D eigenvalue weighted by Gasteiger charge is -2.08. The molecule has 0 spiro atoms. The van der Waals surface area contributed by atoms with Crippen LogP contribution < -0.4 is 14.8 Å². The van der Waals surface area contributed by atoms with Crippen molar-refractivity contribution in [1.82, 2.24) is 9.97 Å². The third-order valence-electron chi connectivity index (χ3n) is 3.14. The lowest BCUT2D eigenvalue weighted by Crippen LogP contribution is -2.08. The van der Waals surface area contributed by atoms with Gasteiger partial charge >= 0.3 is 6.01 Å². The Morgan fingerprint density at radius 2 is 2.24 bits per heavy atom. The summed E-state index contributed by atoms with van der Waals surface area (Å²) in [7, 11) is 1.61. The van der Waals surface area contributed by atoms with Crippen LogP contribution in [-0.4, -0.2) is 23.1 Å². The van der Waals surface area contributed by atoms with Gasteiger partial charge in [0.15, 0.2) is 11.6 Å². The van der Waals surface area contributed by atoms with Crippen LogP contribution in [0.2, 0.25) is 0 Å². The van der Waals surface area contributed by atoms with Crippen molar-refractivity contribution in [2.45, 2.75) is 25.5 Å². The highest BCUT2D eigenvalue weighted by atomic mass is 19.1. The zero-order valence-corrected chi connectivity index (χ0v) is 11.7. The van der Waals surface area contributed by atoms with E-state index in [1.165, 1.54) is 0 Å². The third-order valence-corrected chi connectivity index (χ3v) is 3.14. The van der Waals surface area contributed by atoms with E-state index in [1.807, 2.05) is 24.3 Å². The van der Waals surface area contributed by atoms with E-state index in [2.05, 4.69) is 15.3 Å². The summed E-state index contributed by atoms with van der Waals surface area (Å²) >= 11 is 0. The molecule has 6 heteroatoms. The monoisotopic (exact) mass is 289 g/mol. The SMILES string of the molecule is COc1cccc(COc2ncc(F)c(NC3CC3)n2)c1. The Morgan fingerprint density at radius 3 is 3.00 bits per heavy atom. The summed E-state index contributed by atoms with van der Waals surface area (Å²) in [6, 6.07) is 7.99. The standard InChI is InChI=1S/C15H16FN3O2/c1-20-12-4-2-3-10(7-12)9-21-15-17-8-13(16)14(19-15)18-11-5-6-11/h2-4,7-8,11H,5-6,9H2,1H3,(H,17,18,19). The van der Waals surface area contributed by atoms with Gasteiger partial charge in [0.25, 0.3) is 0 Å². The first-order valence-corrected chi connectivity index (χ1v) is 6.79. The van der Waals surface area contributed by atoms with Gasteiger partial charge in [0.05, 0.1) is 13.3 Å². The Morgan fingerprint density at radius 1 is 1.38 bits per heavy atom. The highest BCUT2D eigenvalue weighted by Gasteiger charge is 2.23. The highest BCUT2D eigenvalue weighted by Crippen LogP contribution is 2.25. The highest BCUT2D eigenvalue weighted by molar-refractivity contribution is 5.38. The summed E-state index contributed by atoms with van der Waals surface area (Å²) < 4.78 is 24.2. The molecule has 1 aliphatic carbocycles. The number of hydrogen-bond donors (Lipinski definition) is 1. The molecule has 0 unspecified atom stereocenters. The van der Waals surface area contributed by atoms with Gasteiger partial charge < -0.3 is 14.8 Å². The summed E-state index contributed by atoms with van der Waals surface area (Å²) in [4.78, 5) is 7.90. The maximum atomic E-state index is 13.6. The average Bonchev–Trinajstić information content (AvgIpc) is 3.32. The minimum atomic E-state index is -0.462. The van der Waals surface area contributed by atoms with E-state index in [0.29, 0.717) is 12.6 Å².